The van der Waals surface area contributed by atoms with E-state index in [4.69, 9.17) is 16.3 Å². The van der Waals surface area contributed by atoms with Crippen molar-refractivity contribution in [3.05, 3.63) is 66.2 Å². The van der Waals surface area contributed by atoms with Crippen LogP contribution >= 0.6 is 23.1 Å². The van der Waals surface area contributed by atoms with Crippen molar-refractivity contribution in [2.45, 2.75) is 13.0 Å². The number of aromatic nitrogens is 4. The molecule has 11 nitrogen and oxygen atoms in total. The highest BCUT2D eigenvalue weighted by Gasteiger charge is 2.27. The smallest absolute Gasteiger partial charge is 0.317 e. The molecule has 5 aromatic rings. The van der Waals surface area contributed by atoms with Crippen molar-refractivity contribution in [2.24, 2.45) is 0 Å². The number of rotatable bonds is 10. The Labute approximate surface area is 235 Å². The fraction of sp³-hybridized carbons (Fsp3) is 0.167. The second-order valence-electron chi connectivity index (χ2n) is 8.35. The van der Waals surface area contributed by atoms with Crippen LogP contribution in [0, 0.1) is 0 Å². The van der Waals surface area contributed by atoms with Crippen LogP contribution in [0.4, 0.5) is 20.3 Å². The van der Waals surface area contributed by atoms with Gasteiger partial charge in [0.15, 0.2) is 5.82 Å². The SMILES string of the molecule is CS(=O)(=O)ON(CCn1ccc2ncnc(Nc3ccc(Oc4cccc5sncc45)c(Cl)c3)c21)C(=O)C(F)F. The molecule has 0 atom stereocenters. The maximum atomic E-state index is 13.0. The third kappa shape index (κ3) is 6.12. The Morgan fingerprint density at radius 2 is 2.02 bits per heavy atom. The number of halogens is 3. The topological polar surface area (TPSA) is 129 Å². The molecule has 16 heteroatoms. The summed E-state index contributed by atoms with van der Waals surface area (Å²) in [5, 5.41) is 4.46. The van der Waals surface area contributed by atoms with Gasteiger partial charge in [-0.3, -0.25) is 4.79 Å². The number of carbonyl (C=O) groups is 1. The van der Waals surface area contributed by atoms with Gasteiger partial charge in [-0.2, -0.15) is 26.6 Å². The van der Waals surface area contributed by atoms with Crippen molar-refractivity contribution >= 4 is 71.8 Å². The van der Waals surface area contributed by atoms with Crippen LogP contribution in [0.3, 0.4) is 0 Å². The number of amides is 1. The highest BCUT2D eigenvalue weighted by atomic mass is 35.5. The monoisotopic (exact) mass is 608 g/mol. The normalized spacial score (nSPS) is 11.8. The van der Waals surface area contributed by atoms with E-state index >= 15 is 0 Å². The van der Waals surface area contributed by atoms with E-state index in [2.05, 4.69) is 23.9 Å². The van der Waals surface area contributed by atoms with Crippen LogP contribution in [0.15, 0.2) is 61.2 Å². The summed E-state index contributed by atoms with van der Waals surface area (Å²) in [4.78, 5) is 20.3. The minimum Gasteiger partial charge on any atom is -0.455 e. The van der Waals surface area contributed by atoms with Gasteiger partial charge in [0.2, 0.25) is 0 Å². The zero-order valence-electron chi connectivity index (χ0n) is 20.5. The summed E-state index contributed by atoms with van der Waals surface area (Å²) in [5.41, 5.74) is 1.55. The summed E-state index contributed by atoms with van der Waals surface area (Å²) >= 11 is 7.87. The molecule has 40 heavy (non-hydrogen) atoms. The first-order valence-corrected chi connectivity index (χ1v) is 14.4. The summed E-state index contributed by atoms with van der Waals surface area (Å²) in [6, 6.07) is 12.4. The van der Waals surface area contributed by atoms with Gasteiger partial charge in [0.05, 0.1) is 39.6 Å². The maximum absolute atomic E-state index is 13.0. The molecule has 0 unspecified atom stereocenters. The van der Waals surface area contributed by atoms with Gasteiger partial charge in [0, 0.05) is 18.4 Å². The molecule has 0 fully saturated rings. The molecule has 5 rings (SSSR count). The molecule has 3 heterocycles. The molecular formula is C24H19ClF2N6O5S2. The number of hydrogen-bond acceptors (Lipinski definition) is 10. The second kappa shape index (κ2) is 11.3. The third-order valence-corrected chi connectivity index (χ3v) is 7.04. The lowest BCUT2D eigenvalue weighted by molar-refractivity contribution is -0.169. The van der Waals surface area contributed by atoms with E-state index in [1.807, 2.05) is 18.2 Å². The van der Waals surface area contributed by atoms with Gasteiger partial charge >= 0.3 is 12.3 Å². The Kier molecular flexibility index (Phi) is 7.80. The summed E-state index contributed by atoms with van der Waals surface area (Å²) in [5.74, 6) is -0.384. The predicted octanol–water partition coefficient (Wildman–Crippen LogP) is 5.22. The lowest BCUT2D eigenvalue weighted by Crippen LogP contribution is -2.39. The van der Waals surface area contributed by atoms with Gasteiger partial charge in [0.1, 0.15) is 23.3 Å². The number of hydroxylamine groups is 2. The molecular weight excluding hydrogens is 590 g/mol. The number of carbonyl (C=O) groups excluding carboxylic acids is 1. The summed E-state index contributed by atoms with van der Waals surface area (Å²) in [6.45, 7) is -0.589. The molecule has 3 aromatic heterocycles. The van der Waals surface area contributed by atoms with E-state index in [0.29, 0.717) is 45.3 Å². The van der Waals surface area contributed by atoms with E-state index in [0.717, 1.165) is 10.1 Å². The molecule has 0 saturated carbocycles. The van der Waals surface area contributed by atoms with Crippen LogP contribution in [-0.2, 0) is 25.7 Å². The summed E-state index contributed by atoms with van der Waals surface area (Å²) in [6.07, 6.45) is 1.86. The number of anilines is 2. The molecule has 0 spiro atoms. The fourth-order valence-electron chi connectivity index (χ4n) is 3.84. The first kappa shape index (κ1) is 27.6. The number of fused-ring (bicyclic) bond motifs is 2. The third-order valence-electron chi connectivity index (χ3n) is 5.53. The molecule has 1 amide bonds. The van der Waals surface area contributed by atoms with E-state index < -0.39 is 29.0 Å². The Bertz CT molecular complexity index is 1810. The Morgan fingerprint density at radius 1 is 1.20 bits per heavy atom. The zero-order valence-corrected chi connectivity index (χ0v) is 22.9. The molecule has 2 aromatic carbocycles. The number of hydrogen-bond donors (Lipinski definition) is 1. The molecule has 0 bridgehead atoms. The molecule has 208 valence electrons. The quantitative estimate of drug-likeness (QED) is 0.212. The summed E-state index contributed by atoms with van der Waals surface area (Å²) in [7, 11) is -4.22. The largest absolute Gasteiger partial charge is 0.455 e. The highest BCUT2D eigenvalue weighted by Crippen LogP contribution is 2.36. The second-order valence-corrected chi connectivity index (χ2v) is 11.1. The van der Waals surface area contributed by atoms with Gasteiger partial charge < -0.3 is 14.6 Å². The van der Waals surface area contributed by atoms with Crippen LogP contribution in [-0.4, -0.2) is 57.5 Å². The number of nitrogens with one attached hydrogen (secondary N) is 1. The van der Waals surface area contributed by atoms with Gasteiger partial charge in [-0.15, -0.1) is 4.28 Å². The average molecular weight is 609 g/mol. The van der Waals surface area contributed by atoms with Crippen molar-refractivity contribution in [3.8, 4) is 11.5 Å². The number of ether oxygens (including phenoxy) is 1. The maximum Gasteiger partial charge on any atom is 0.317 e. The van der Waals surface area contributed by atoms with Crippen molar-refractivity contribution in [3.63, 3.8) is 0 Å². The Balaban J connectivity index is 1.37. The Morgan fingerprint density at radius 3 is 2.77 bits per heavy atom. The minimum absolute atomic E-state index is 0.101. The van der Waals surface area contributed by atoms with Crippen LogP contribution in [0.25, 0.3) is 21.1 Å². The van der Waals surface area contributed by atoms with Crippen molar-refractivity contribution < 1.29 is 31.0 Å². The van der Waals surface area contributed by atoms with Crippen LogP contribution in [0.1, 0.15) is 0 Å². The van der Waals surface area contributed by atoms with Crippen molar-refractivity contribution in [1.29, 1.82) is 0 Å². The van der Waals surface area contributed by atoms with Crippen molar-refractivity contribution in [1.82, 2.24) is 24.0 Å². The first-order valence-electron chi connectivity index (χ1n) is 11.5. The molecule has 0 saturated heterocycles. The van der Waals surface area contributed by atoms with Gasteiger partial charge in [-0.25, -0.2) is 9.97 Å². The molecule has 0 aliphatic heterocycles. The predicted molar refractivity (Wildman–Crippen MR) is 146 cm³/mol. The lowest BCUT2D eigenvalue weighted by Gasteiger charge is -2.20. The van der Waals surface area contributed by atoms with Crippen LogP contribution in [0.2, 0.25) is 5.02 Å². The van der Waals surface area contributed by atoms with Crippen LogP contribution in [0.5, 0.6) is 11.5 Å². The van der Waals surface area contributed by atoms with Crippen molar-refractivity contribution in [2.75, 3.05) is 18.1 Å². The number of alkyl halides is 2. The molecule has 1 N–H and O–H groups in total. The van der Waals surface area contributed by atoms with Gasteiger partial charge in [-0.05, 0) is 47.9 Å². The zero-order chi connectivity index (χ0) is 28.4. The highest BCUT2D eigenvalue weighted by molar-refractivity contribution is 7.85. The number of benzene rings is 2. The molecule has 0 aliphatic carbocycles. The van der Waals surface area contributed by atoms with Crippen LogP contribution < -0.4 is 10.1 Å². The van der Waals surface area contributed by atoms with E-state index in [-0.39, 0.29) is 11.6 Å². The minimum atomic E-state index is -4.22. The van der Waals surface area contributed by atoms with E-state index in [1.165, 1.54) is 17.9 Å². The fourth-order valence-corrected chi connectivity index (χ4v) is 5.19. The molecule has 0 aliphatic rings. The lowest BCUT2D eigenvalue weighted by atomic mass is 10.2. The van der Waals surface area contributed by atoms with Gasteiger partial charge in [-0.1, -0.05) is 17.7 Å². The first-order chi connectivity index (χ1) is 19.1. The van der Waals surface area contributed by atoms with E-state index in [1.54, 1.807) is 41.2 Å². The average Bonchev–Trinajstić information content (AvgIpc) is 3.55. The number of nitrogens with zero attached hydrogens (tertiary/aromatic N) is 5. The molecule has 0 radical (unpaired) electrons. The summed E-state index contributed by atoms with van der Waals surface area (Å²) < 4.78 is 66.2. The Hall–Kier alpha value is -3.92. The standard InChI is InChI=1S/C24H19ClF2N6O5S2/c1-40(35,36)38-33(24(34)22(26)27)10-9-32-8-7-17-21(32)23(29-13-28-17)31-14-5-6-19(16(25)11-14)37-18-3-2-4-20-15(18)12-30-39-20/h2-8,11-13,22H,9-10H2,1H3,(H,28,29,31). The van der Waals surface area contributed by atoms with Gasteiger partial charge in [0.25, 0.3) is 10.1 Å². The van der Waals surface area contributed by atoms with E-state index in [9.17, 15) is 22.0 Å².